The fourth-order valence-electron chi connectivity index (χ4n) is 2.95. The van der Waals surface area contributed by atoms with Crippen LogP contribution >= 0.6 is 15.9 Å². The lowest BCUT2D eigenvalue weighted by molar-refractivity contribution is -0.117. The van der Waals surface area contributed by atoms with E-state index in [9.17, 15) is 19.1 Å². The molecule has 0 fully saturated rings. The monoisotopic (exact) mass is 403 g/mol. The van der Waals surface area contributed by atoms with E-state index in [0.29, 0.717) is 11.3 Å². The number of hydrogen-bond donors (Lipinski definition) is 1. The van der Waals surface area contributed by atoms with Crippen molar-refractivity contribution in [2.24, 2.45) is 0 Å². The zero-order valence-corrected chi connectivity index (χ0v) is 15.2. The summed E-state index contributed by atoms with van der Waals surface area (Å²) in [5.41, 5.74) is 1.85. The number of ketones is 1. The normalized spacial score (nSPS) is 17.4. The molecule has 4 nitrogen and oxygen atoms in total. The topological polar surface area (TPSA) is 57.6 Å². The van der Waals surface area contributed by atoms with Gasteiger partial charge in [-0.05, 0) is 49.2 Å². The number of amides is 1. The van der Waals surface area contributed by atoms with E-state index in [2.05, 4.69) is 15.9 Å². The van der Waals surface area contributed by atoms with Crippen molar-refractivity contribution >= 4 is 33.3 Å². The van der Waals surface area contributed by atoms with E-state index in [4.69, 9.17) is 0 Å². The lowest BCUT2D eigenvalue weighted by Crippen LogP contribution is -2.31. The van der Waals surface area contributed by atoms with E-state index >= 15 is 0 Å². The van der Waals surface area contributed by atoms with E-state index in [0.717, 1.165) is 10.0 Å². The molecule has 1 atom stereocenters. The first kappa shape index (κ1) is 17.4. The maximum atomic E-state index is 13.7. The number of hydrogen-bond acceptors (Lipinski definition) is 3. The number of nitrogens with zero attached hydrogens (tertiary/aromatic N) is 1. The summed E-state index contributed by atoms with van der Waals surface area (Å²) in [4.78, 5) is 26.0. The van der Waals surface area contributed by atoms with E-state index in [1.54, 1.807) is 18.2 Å². The van der Waals surface area contributed by atoms with Crippen LogP contribution in [0.5, 0.6) is 0 Å². The maximum absolute atomic E-state index is 13.7. The quantitative estimate of drug-likeness (QED) is 0.826. The molecular weight excluding hydrogens is 389 g/mol. The molecule has 1 N–H and O–H groups in total. The third kappa shape index (κ3) is 2.98. The Hall–Kier alpha value is -2.47. The minimum absolute atomic E-state index is 0.0349. The number of rotatable bonds is 3. The van der Waals surface area contributed by atoms with Crippen LogP contribution in [0.15, 0.2) is 58.3 Å². The summed E-state index contributed by atoms with van der Waals surface area (Å²) in [5.74, 6) is -2.20. The van der Waals surface area contributed by atoms with Crippen LogP contribution in [0.25, 0.3) is 0 Å². The van der Waals surface area contributed by atoms with E-state index in [1.807, 2.05) is 13.0 Å². The van der Waals surface area contributed by atoms with Gasteiger partial charge in [-0.2, -0.15) is 0 Å². The largest absolute Gasteiger partial charge is 0.503 e. The van der Waals surface area contributed by atoms with Gasteiger partial charge in [0.05, 0.1) is 11.6 Å². The lowest BCUT2D eigenvalue weighted by Gasteiger charge is -2.27. The fraction of sp³-hybridized carbons (Fsp3) is 0.158. The molecule has 1 heterocycles. The Balaban J connectivity index is 2.20. The summed E-state index contributed by atoms with van der Waals surface area (Å²) < 4.78 is 14.5. The second-order valence-corrected chi connectivity index (χ2v) is 6.74. The highest BCUT2D eigenvalue weighted by molar-refractivity contribution is 9.10. The number of anilines is 1. The van der Waals surface area contributed by atoms with Crippen molar-refractivity contribution in [2.45, 2.75) is 19.9 Å². The second-order valence-electron chi connectivity index (χ2n) is 5.88. The van der Waals surface area contributed by atoms with Crippen molar-refractivity contribution < 1.29 is 19.1 Å². The Kier molecular flexibility index (Phi) is 4.47. The zero-order valence-electron chi connectivity index (χ0n) is 13.6. The number of carbonyl (C=O) groups is 2. The molecule has 0 saturated carbocycles. The lowest BCUT2D eigenvalue weighted by atomic mass is 9.96. The molecule has 0 radical (unpaired) electrons. The molecule has 1 aliphatic heterocycles. The van der Waals surface area contributed by atoms with E-state index in [1.165, 1.54) is 30.0 Å². The first-order chi connectivity index (χ1) is 11.8. The van der Waals surface area contributed by atoms with Crippen molar-refractivity contribution in [1.82, 2.24) is 0 Å². The SMILES string of the molecule is CC(=O)C1=C(O)C(=O)N(c2ccc(C)c(Br)c2)[C@H]1c1cccc(F)c1. The molecule has 6 heteroatoms. The standard InChI is InChI=1S/C19H15BrFNO3/c1-10-6-7-14(9-15(10)20)22-17(12-4-3-5-13(21)8-12)16(11(2)23)18(24)19(22)25/h3-9,17,24H,1-2H3/t17-/m0/s1. The zero-order chi connectivity index (χ0) is 18.3. The smallest absolute Gasteiger partial charge is 0.294 e. The van der Waals surface area contributed by atoms with Crippen LogP contribution in [0.1, 0.15) is 24.1 Å². The van der Waals surface area contributed by atoms with Gasteiger partial charge in [0, 0.05) is 10.2 Å². The van der Waals surface area contributed by atoms with Gasteiger partial charge in [0.25, 0.3) is 5.91 Å². The molecule has 25 heavy (non-hydrogen) atoms. The molecule has 0 bridgehead atoms. The van der Waals surface area contributed by atoms with Gasteiger partial charge in [-0.1, -0.05) is 34.1 Å². The molecule has 0 saturated heterocycles. The van der Waals surface area contributed by atoms with Gasteiger partial charge in [-0.15, -0.1) is 0 Å². The number of benzene rings is 2. The van der Waals surface area contributed by atoms with Crippen LogP contribution in [-0.4, -0.2) is 16.8 Å². The van der Waals surface area contributed by atoms with Crippen molar-refractivity contribution in [3.63, 3.8) is 0 Å². The summed E-state index contributed by atoms with van der Waals surface area (Å²) in [6.45, 7) is 3.18. The molecule has 2 aromatic rings. The van der Waals surface area contributed by atoms with Crippen LogP contribution in [0, 0.1) is 12.7 Å². The van der Waals surface area contributed by atoms with Gasteiger partial charge in [0.2, 0.25) is 0 Å². The predicted octanol–water partition coefficient (Wildman–Crippen LogP) is 4.39. The first-order valence-electron chi connectivity index (χ1n) is 7.60. The van der Waals surface area contributed by atoms with Crippen molar-refractivity contribution in [3.8, 4) is 0 Å². The summed E-state index contributed by atoms with van der Waals surface area (Å²) >= 11 is 3.42. The fourth-order valence-corrected chi connectivity index (χ4v) is 3.32. The highest BCUT2D eigenvalue weighted by Crippen LogP contribution is 2.41. The number of carbonyl (C=O) groups excluding carboxylic acids is 2. The number of halogens is 2. The van der Waals surface area contributed by atoms with Crippen molar-refractivity contribution in [1.29, 1.82) is 0 Å². The van der Waals surface area contributed by atoms with Crippen LogP contribution in [0.4, 0.5) is 10.1 Å². The maximum Gasteiger partial charge on any atom is 0.294 e. The summed E-state index contributed by atoms with van der Waals surface area (Å²) in [6, 6.07) is 10.1. The third-order valence-corrected chi connectivity index (χ3v) is 5.04. The third-order valence-electron chi connectivity index (χ3n) is 4.19. The minimum Gasteiger partial charge on any atom is -0.503 e. The Morgan fingerprint density at radius 1 is 1.24 bits per heavy atom. The number of aryl methyl sites for hydroxylation is 1. The molecule has 2 aromatic carbocycles. The Labute approximate surface area is 152 Å². The number of aliphatic hydroxyl groups is 1. The molecule has 1 amide bonds. The summed E-state index contributed by atoms with van der Waals surface area (Å²) in [7, 11) is 0. The van der Waals surface area contributed by atoms with E-state index in [-0.39, 0.29) is 5.57 Å². The van der Waals surface area contributed by atoms with Crippen molar-refractivity contribution in [2.75, 3.05) is 4.90 Å². The van der Waals surface area contributed by atoms with Gasteiger partial charge >= 0.3 is 0 Å². The summed E-state index contributed by atoms with van der Waals surface area (Å²) in [6.07, 6.45) is 0. The molecular formula is C19H15BrFNO3. The molecule has 0 aromatic heterocycles. The van der Waals surface area contributed by atoms with Gasteiger partial charge in [0.15, 0.2) is 11.5 Å². The molecule has 3 rings (SSSR count). The Bertz CT molecular complexity index is 923. The van der Waals surface area contributed by atoms with Crippen molar-refractivity contribution in [3.05, 3.63) is 75.2 Å². The van der Waals surface area contributed by atoms with Gasteiger partial charge < -0.3 is 5.11 Å². The van der Waals surface area contributed by atoms with Gasteiger partial charge in [0.1, 0.15) is 5.82 Å². The van der Waals surface area contributed by atoms with Crippen LogP contribution in [-0.2, 0) is 9.59 Å². The second kappa shape index (κ2) is 6.44. The first-order valence-corrected chi connectivity index (χ1v) is 8.39. The highest BCUT2D eigenvalue weighted by atomic mass is 79.9. The van der Waals surface area contributed by atoms with Gasteiger partial charge in [-0.3, -0.25) is 14.5 Å². The number of aliphatic hydroxyl groups excluding tert-OH is 1. The molecule has 0 spiro atoms. The molecule has 128 valence electrons. The predicted molar refractivity (Wildman–Crippen MR) is 95.8 cm³/mol. The van der Waals surface area contributed by atoms with Gasteiger partial charge in [-0.25, -0.2) is 4.39 Å². The molecule has 1 aliphatic rings. The van der Waals surface area contributed by atoms with Crippen LogP contribution in [0.3, 0.4) is 0 Å². The Morgan fingerprint density at radius 2 is 1.96 bits per heavy atom. The average molecular weight is 404 g/mol. The van der Waals surface area contributed by atoms with Crippen LogP contribution in [0.2, 0.25) is 0 Å². The Morgan fingerprint density at radius 3 is 2.56 bits per heavy atom. The minimum atomic E-state index is -0.879. The molecule has 0 unspecified atom stereocenters. The summed E-state index contributed by atoms with van der Waals surface area (Å²) in [5, 5.41) is 10.2. The number of Topliss-reactive ketones (excluding diaryl/α,β-unsaturated/α-hetero) is 1. The highest BCUT2D eigenvalue weighted by Gasteiger charge is 2.43. The van der Waals surface area contributed by atoms with Crippen LogP contribution < -0.4 is 4.90 Å². The van der Waals surface area contributed by atoms with E-state index < -0.39 is 29.3 Å². The average Bonchev–Trinajstić information content (AvgIpc) is 2.82. The molecule has 0 aliphatic carbocycles.